The van der Waals surface area contributed by atoms with Gasteiger partial charge in [-0.05, 0) is 12.5 Å². The molecule has 3 rings (SSSR count). The minimum absolute atomic E-state index is 0.0631. The van der Waals surface area contributed by atoms with Gasteiger partial charge in [-0.1, -0.05) is 30.3 Å². The monoisotopic (exact) mass is 333 g/mol. The van der Waals surface area contributed by atoms with Gasteiger partial charge in [0.1, 0.15) is 5.69 Å². The summed E-state index contributed by atoms with van der Waals surface area (Å²) in [6.07, 6.45) is 0.384. The number of aromatic amines is 1. The normalized spacial score (nSPS) is 19.4. The number of carbonyl (C=O) groups is 1. The van der Waals surface area contributed by atoms with Crippen LogP contribution >= 0.6 is 0 Å². The smallest absolute Gasteiger partial charge is 0.346 e. The van der Waals surface area contributed by atoms with E-state index in [1.807, 2.05) is 6.07 Å². The van der Waals surface area contributed by atoms with E-state index in [0.29, 0.717) is 12.1 Å². The van der Waals surface area contributed by atoms with Crippen molar-refractivity contribution in [2.24, 2.45) is 0 Å². The third-order valence-electron chi connectivity index (χ3n) is 3.63. The number of hydrogen-bond acceptors (Lipinski definition) is 5. The van der Waals surface area contributed by atoms with E-state index < -0.39 is 27.5 Å². The number of nitrogens with one attached hydrogen (secondary N) is 2. The van der Waals surface area contributed by atoms with Gasteiger partial charge in [0.25, 0.3) is 5.91 Å². The second-order valence-electron chi connectivity index (χ2n) is 5.42. The molecule has 1 aromatic heterocycles. The maximum Gasteiger partial charge on any atom is 0.346 e. The average molecular weight is 333 g/mol. The van der Waals surface area contributed by atoms with Crippen LogP contribution in [0.3, 0.4) is 0 Å². The van der Waals surface area contributed by atoms with Gasteiger partial charge in [-0.15, -0.1) is 0 Å². The first-order valence-electron chi connectivity index (χ1n) is 7.11. The molecule has 0 aliphatic carbocycles. The number of sulfone groups is 1. The summed E-state index contributed by atoms with van der Waals surface area (Å²) in [7, 11) is -3.08. The molecule has 7 nitrogen and oxygen atoms in total. The lowest BCUT2D eigenvalue weighted by molar-refractivity contribution is 0.0935. The summed E-state index contributed by atoms with van der Waals surface area (Å²) < 4.78 is 22.9. The van der Waals surface area contributed by atoms with Gasteiger partial charge in [0.05, 0.1) is 17.2 Å². The van der Waals surface area contributed by atoms with Crippen LogP contribution in [0.5, 0.6) is 0 Å². The van der Waals surface area contributed by atoms with Crippen molar-refractivity contribution in [3.8, 4) is 11.3 Å². The quantitative estimate of drug-likeness (QED) is 0.842. The van der Waals surface area contributed by atoms with Crippen LogP contribution in [0.4, 0.5) is 0 Å². The minimum Gasteiger partial charge on any atom is -0.347 e. The SMILES string of the molecule is O=C(NC1CCS(=O)(=O)C1)c1cc(-c2ccccc2)nc(=O)[nH]1. The zero-order chi connectivity index (χ0) is 16.4. The Hall–Kier alpha value is -2.48. The highest BCUT2D eigenvalue weighted by molar-refractivity contribution is 7.91. The number of carbonyl (C=O) groups excluding carboxylic acids is 1. The van der Waals surface area contributed by atoms with Crippen LogP contribution in [0.25, 0.3) is 11.3 Å². The fourth-order valence-corrected chi connectivity index (χ4v) is 4.18. The van der Waals surface area contributed by atoms with Gasteiger partial charge in [0.15, 0.2) is 9.84 Å². The fraction of sp³-hybridized carbons (Fsp3) is 0.267. The molecule has 1 amide bonds. The third kappa shape index (κ3) is 3.65. The van der Waals surface area contributed by atoms with E-state index >= 15 is 0 Å². The van der Waals surface area contributed by atoms with E-state index in [9.17, 15) is 18.0 Å². The van der Waals surface area contributed by atoms with Crippen LogP contribution in [0.1, 0.15) is 16.9 Å². The van der Waals surface area contributed by atoms with Gasteiger partial charge in [-0.3, -0.25) is 4.79 Å². The third-order valence-corrected chi connectivity index (χ3v) is 5.39. The van der Waals surface area contributed by atoms with Crippen molar-refractivity contribution in [2.75, 3.05) is 11.5 Å². The molecule has 23 heavy (non-hydrogen) atoms. The summed E-state index contributed by atoms with van der Waals surface area (Å²) in [5.74, 6) is -0.511. The number of aromatic nitrogens is 2. The molecule has 1 aliphatic rings. The molecule has 2 N–H and O–H groups in total. The van der Waals surface area contributed by atoms with Gasteiger partial charge in [0.2, 0.25) is 0 Å². The molecule has 120 valence electrons. The number of nitrogens with zero attached hydrogens (tertiary/aromatic N) is 1. The highest BCUT2D eigenvalue weighted by Crippen LogP contribution is 2.16. The van der Waals surface area contributed by atoms with E-state index in [0.717, 1.165) is 5.56 Å². The van der Waals surface area contributed by atoms with Crippen molar-refractivity contribution < 1.29 is 13.2 Å². The van der Waals surface area contributed by atoms with Crippen molar-refractivity contribution in [3.05, 3.63) is 52.6 Å². The second kappa shape index (κ2) is 5.96. The lowest BCUT2D eigenvalue weighted by Crippen LogP contribution is -2.37. The van der Waals surface area contributed by atoms with Crippen LogP contribution in [0.2, 0.25) is 0 Å². The molecule has 0 saturated carbocycles. The maximum atomic E-state index is 12.2. The van der Waals surface area contributed by atoms with Crippen LogP contribution in [-0.2, 0) is 9.84 Å². The number of benzene rings is 1. The van der Waals surface area contributed by atoms with Gasteiger partial charge in [-0.25, -0.2) is 13.2 Å². The van der Waals surface area contributed by atoms with E-state index in [2.05, 4.69) is 15.3 Å². The summed E-state index contributed by atoms with van der Waals surface area (Å²) in [5, 5.41) is 2.64. The predicted molar refractivity (Wildman–Crippen MR) is 84.8 cm³/mol. The second-order valence-corrected chi connectivity index (χ2v) is 7.65. The molecule has 0 radical (unpaired) electrons. The maximum absolute atomic E-state index is 12.2. The van der Waals surface area contributed by atoms with E-state index in [1.165, 1.54) is 6.07 Å². The number of amides is 1. The Morgan fingerprint density at radius 2 is 2.00 bits per heavy atom. The Kier molecular flexibility index (Phi) is 3.99. The van der Waals surface area contributed by atoms with Crippen LogP contribution in [-0.4, -0.2) is 41.8 Å². The van der Waals surface area contributed by atoms with Crippen molar-refractivity contribution in [2.45, 2.75) is 12.5 Å². The van der Waals surface area contributed by atoms with Gasteiger partial charge in [0, 0.05) is 11.6 Å². The van der Waals surface area contributed by atoms with E-state index in [1.54, 1.807) is 24.3 Å². The van der Waals surface area contributed by atoms with Crippen molar-refractivity contribution in [1.29, 1.82) is 0 Å². The summed E-state index contributed by atoms with van der Waals surface area (Å²) in [6.45, 7) is 0. The highest BCUT2D eigenvalue weighted by Gasteiger charge is 2.29. The molecule has 1 aromatic carbocycles. The molecular weight excluding hydrogens is 318 g/mol. The molecule has 2 aromatic rings. The highest BCUT2D eigenvalue weighted by atomic mass is 32.2. The summed E-state index contributed by atoms with van der Waals surface area (Å²) >= 11 is 0. The van der Waals surface area contributed by atoms with Crippen LogP contribution in [0.15, 0.2) is 41.2 Å². The molecular formula is C15H15N3O4S. The first-order chi connectivity index (χ1) is 10.9. The Balaban J connectivity index is 1.84. The molecule has 1 fully saturated rings. The van der Waals surface area contributed by atoms with Gasteiger partial charge >= 0.3 is 5.69 Å². The molecule has 0 spiro atoms. The number of hydrogen-bond donors (Lipinski definition) is 2. The van der Waals surface area contributed by atoms with Crippen molar-refractivity contribution in [3.63, 3.8) is 0 Å². The Bertz CT molecular complexity index is 890. The van der Waals surface area contributed by atoms with Gasteiger partial charge < -0.3 is 10.3 Å². The lowest BCUT2D eigenvalue weighted by atomic mass is 10.1. The topological polar surface area (TPSA) is 109 Å². The van der Waals surface area contributed by atoms with E-state index in [-0.39, 0.29) is 17.2 Å². The molecule has 1 atom stereocenters. The summed E-state index contributed by atoms with van der Waals surface area (Å²) in [4.78, 5) is 30.2. The summed E-state index contributed by atoms with van der Waals surface area (Å²) in [6, 6.07) is 10.1. The molecule has 0 bridgehead atoms. The summed E-state index contributed by atoms with van der Waals surface area (Å²) in [5.41, 5.74) is 0.540. The van der Waals surface area contributed by atoms with Crippen LogP contribution < -0.4 is 11.0 Å². The average Bonchev–Trinajstić information content (AvgIpc) is 2.86. The van der Waals surface area contributed by atoms with E-state index in [4.69, 9.17) is 0 Å². The standard InChI is InChI=1S/C15H15N3O4S/c19-14(16-11-6-7-23(21,22)9-11)13-8-12(17-15(20)18-13)10-4-2-1-3-5-10/h1-5,8,11H,6-7,9H2,(H,16,19)(H,17,18,20). The van der Waals surface area contributed by atoms with Crippen LogP contribution in [0, 0.1) is 0 Å². The first kappa shape index (κ1) is 15.4. The molecule has 8 heteroatoms. The lowest BCUT2D eigenvalue weighted by Gasteiger charge is -2.11. The van der Waals surface area contributed by atoms with Crippen molar-refractivity contribution >= 4 is 15.7 Å². The Morgan fingerprint density at radius 3 is 2.65 bits per heavy atom. The largest absolute Gasteiger partial charge is 0.347 e. The predicted octanol–water partition coefficient (Wildman–Crippen LogP) is 0.354. The fourth-order valence-electron chi connectivity index (χ4n) is 2.51. The first-order valence-corrected chi connectivity index (χ1v) is 8.93. The number of rotatable bonds is 3. The zero-order valence-corrected chi connectivity index (χ0v) is 13.0. The number of H-pyrrole nitrogens is 1. The minimum atomic E-state index is -3.08. The molecule has 2 heterocycles. The van der Waals surface area contributed by atoms with Crippen molar-refractivity contribution in [1.82, 2.24) is 15.3 Å². The Morgan fingerprint density at radius 1 is 1.26 bits per heavy atom. The molecule has 1 unspecified atom stereocenters. The molecule has 1 aliphatic heterocycles. The zero-order valence-electron chi connectivity index (χ0n) is 12.2. The Labute approximate surface area is 132 Å². The molecule has 1 saturated heterocycles. The van der Waals surface area contributed by atoms with Gasteiger partial charge in [-0.2, -0.15) is 4.98 Å².